The molecule has 0 saturated carbocycles. The number of hydrogen-bond acceptors (Lipinski definition) is 3. The summed E-state index contributed by atoms with van der Waals surface area (Å²) in [6.45, 7) is 1.80. The standard InChI is InChI=1S/C15H16F3NO2/c1-11-2-5-14(21-11)9-19-8-12-3-6-13(7-4-12)20-10-15(16,17)18/h2-7,19H,8-10H2,1H3. The Bertz CT molecular complexity index is 561. The average molecular weight is 299 g/mol. The summed E-state index contributed by atoms with van der Waals surface area (Å²) in [5.41, 5.74) is 0.956. The first kappa shape index (κ1) is 15.4. The topological polar surface area (TPSA) is 34.4 Å². The lowest BCUT2D eigenvalue weighted by Crippen LogP contribution is -2.19. The zero-order chi connectivity index (χ0) is 15.3. The molecular weight excluding hydrogens is 283 g/mol. The van der Waals surface area contributed by atoms with Crippen molar-refractivity contribution in [1.82, 2.24) is 5.32 Å². The van der Waals surface area contributed by atoms with E-state index in [1.807, 2.05) is 19.1 Å². The maximum atomic E-state index is 12.0. The van der Waals surface area contributed by atoms with Crippen LogP contribution in [0.1, 0.15) is 17.1 Å². The SMILES string of the molecule is Cc1ccc(CNCc2ccc(OCC(F)(F)F)cc2)o1. The van der Waals surface area contributed by atoms with Crippen molar-refractivity contribution < 1.29 is 22.3 Å². The number of hydrogen-bond donors (Lipinski definition) is 1. The number of aryl methyl sites for hydroxylation is 1. The third-order valence-corrected chi connectivity index (χ3v) is 2.75. The van der Waals surface area contributed by atoms with Crippen LogP contribution in [0, 0.1) is 6.92 Å². The lowest BCUT2D eigenvalue weighted by atomic mass is 10.2. The van der Waals surface area contributed by atoms with Crippen molar-refractivity contribution in [2.75, 3.05) is 6.61 Å². The van der Waals surface area contributed by atoms with Crippen LogP contribution in [0.2, 0.25) is 0 Å². The van der Waals surface area contributed by atoms with Crippen LogP contribution in [0.25, 0.3) is 0 Å². The van der Waals surface area contributed by atoms with E-state index in [1.165, 1.54) is 12.1 Å². The molecule has 2 aromatic rings. The molecule has 114 valence electrons. The van der Waals surface area contributed by atoms with E-state index in [0.717, 1.165) is 17.1 Å². The molecule has 0 atom stereocenters. The third kappa shape index (κ3) is 5.51. The van der Waals surface area contributed by atoms with E-state index < -0.39 is 12.8 Å². The zero-order valence-corrected chi connectivity index (χ0v) is 11.5. The van der Waals surface area contributed by atoms with E-state index in [2.05, 4.69) is 10.1 Å². The zero-order valence-electron chi connectivity index (χ0n) is 11.5. The predicted octanol–water partition coefficient (Wildman–Crippen LogP) is 3.82. The predicted molar refractivity (Wildman–Crippen MR) is 72.0 cm³/mol. The number of nitrogens with one attached hydrogen (secondary N) is 1. The molecule has 6 heteroatoms. The molecule has 1 heterocycles. The highest BCUT2D eigenvalue weighted by molar-refractivity contribution is 5.27. The summed E-state index contributed by atoms with van der Waals surface area (Å²) in [6, 6.07) is 10.3. The Labute approximate surface area is 120 Å². The minimum Gasteiger partial charge on any atom is -0.484 e. The van der Waals surface area contributed by atoms with Gasteiger partial charge in [0.2, 0.25) is 0 Å². The number of furan rings is 1. The fraction of sp³-hybridized carbons (Fsp3) is 0.333. The summed E-state index contributed by atoms with van der Waals surface area (Å²) in [6.07, 6.45) is -4.32. The fourth-order valence-corrected chi connectivity index (χ4v) is 1.78. The average Bonchev–Trinajstić information content (AvgIpc) is 2.83. The van der Waals surface area contributed by atoms with Crippen LogP contribution in [-0.4, -0.2) is 12.8 Å². The van der Waals surface area contributed by atoms with Gasteiger partial charge >= 0.3 is 6.18 Å². The molecule has 2 rings (SSSR count). The minimum atomic E-state index is -4.32. The first-order chi connectivity index (χ1) is 9.92. The van der Waals surface area contributed by atoms with Crippen LogP contribution in [0.3, 0.4) is 0 Å². The second-order valence-electron chi connectivity index (χ2n) is 4.66. The van der Waals surface area contributed by atoms with Crippen molar-refractivity contribution in [1.29, 1.82) is 0 Å². The van der Waals surface area contributed by atoms with Crippen LogP contribution in [-0.2, 0) is 13.1 Å². The van der Waals surface area contributed by atoms with Crippen LogP contribution in [0.4, 0.5) is 13.2 Å². The van der Waals surface area contributed by atoms with Gasteiger partial charge in [-0.15, -0.1) is 0 Å². The second-order valence-corrected chi connectivity index (χ2v) is 4.66. The van der Waals surface area contributed by atoms with Gasteiger partial charge < -0.3 is 14.5 Å². The molecule has 0 saturated heterocycles. The molecule has 0 unspecified atom stereocenters. The van der Waals surface area contributed by atoms with Crippen LogP contribution < -0.4 is 10.1 Å². The van der Waals surface area contributed by atoms with Gasteiger partial charge in [-0.2, -0.15) is 13.2 Å². The third-order valence-electron chi connectivity index (χ3n) is 2.75. The number of rotatable bonds is 6. The Morgan fingerprint density at radius 3 is 2.33 bits per heavy atom. The van der Waals surface area contributed by atoms with Gasteiger partial charge in [-0.3, -0.25) is 0 Å². The number of halogens is 3. The molecule has 0 aliphatic rings. The van der Waals surface area contributed by atoms with Crippen molar-refractivity contribution in [3.63, 3.8) is 0 Å². The van der Waals surface area contributed by atoms with E-state index in [-0.39, 0.29) is 5.75 Å². The lowest BCUT2D eigenvalue weighted by Gasteiger charge is -2.09. The molecule has 1 aromatic carbocycles. The lowest BCUT2D eigenvalue weighted by molar-refractivity contribution is -0.153. The van der Waals surface area contributed by atoms with Gasteiger partial charge in [0.05, 0.1) is 6.54 Å². The Kier molecular flexibility index (Phi) is 4.90. The molecular formula is C15H16F3NO2. The van der Waals surface area contributed by atoms with Crippen molar-refractivity contribution in [3.05, 3.63) is 53.5 Å². The molecule has 0 aliphatic carbocycles. The molecule has 21 heavy (non-hydrogen) atoms. The number of benzene rings is 1. The summed E-state index contributed by atoms with van der Waals surface area (Å²) in [5, 5.41) is 3.19. The second kappa shape index (κ2) is 6.67. The maximum Gasteiger partial charge on any atom is 0.422 e. The molecule has 0 bridgehead atoms. The largest absolute Gasteiger partial charge is 0.484 e. The van der Waals surface area contributed by atoms with E-state index in [4.69, 9.17) is 4.42 Å². The summed E-state index contributed by atoms with van der Waals surface area (Å²) < 4.78 is 46.1. The van der Waals surface area contributed by atoms with Gasteiger partial charge in [0.25, 0.3) is 0 Å². The maximum absolute atomic E-state index is 12.0. The number of alkyl halides is 3. The van der Waals surface area contributed by atoms with Crippen LogP contribution in [0.5, 0.6) is 5.75 Å². The van der Waals surface area contributed by atoms with Crippen LogP contribution in [0.15, 0.2) is 40.8 Å². The van der Waals surface area contributed by atoms with Crippen molar-refractivity contribution in [2.24, 2.45) is 0 Å². The smallest absolute Gasteiger partial charge is 0.422 e. The normalized spacial score (nSPS) is 11.6. The van der Waals surface area contributed by atoms with Gasteiger partial charge in [0.1, 0.15) is 17.3 Å². The quantitative estimate of drug-likeness (QED) is 0.880. The van der Waals surface area contributed by atoms with Gasteiger partial charge in [-0.05, 0) is 36.8 Å². The molecule has 0 radical (unpaired) electrons. The monoisotopic (exact) mass is 299 g/mol. The minimum absolute atomic E-state index is 0.206. The Hall–Kier alpha value is -1.95. The van der Waals surface area contributed by atoms with Gasteiger partial charge in [-0.1, -0.05) is 12.1 Å². The van der Waals surface area contributed by atoms with E-state index in [0.29, 0.717) is 13.1 Å². The first-order valence-electron chi connectivity index (χ1n) is 6.47. The van der Waals surface area contributed by atoms with Crippen molar-refractivity contribution >= 4 is 0 Å². The Morgan fingerprint density at radius 2 is 1.76 bits per heavy atom. The molecule has 1 aromatic heterocycles. The molecule has 0 aliphatic heterocycles. The highest BCUT2D eigenvalue weighted by Gasteiger charge is 2.28. The van der Waals surface area contributed by atoms with Crippen molar-refractivity contribution in [2.45, 2.75) is 26.2 Å². The Balaban J connectivity index is 1.77. The molecule has 0 fully saturated rings. The van der Waals surface area contributed by atoms with Gasteiger partial charge in [0.15, 0.2) is 6.61 Å². The molecule has 1 N–H and O–H groups in total. The van der Waals surface area contributed by atoms with E-state index >= 15 is 0 Å². The summed E-state index contributed by atoms with van der Waals surface area (Å²) in [5.74, 6) is 1.91. The highest BCUT2D eigenvalue weighted by atomic mass is 19.4. The van der Waals surface area contributed by atoms with Gasteiger partial charge in [-0.25, -0.2) is 0 Å². The van der Waals surface area contributed by atoms with Gasteiger partial charge in [0, 0.05) is 6.54 Å². The van der Waals surface area contributed by atoms with Crippen LogP contribution >= 0.6 is 0 Å². The summed E-state index contributed by atoms with van der Waals surface area (Å²) in [7, 11) is 0. The Morgan fingerprint density at radius 1 is 1.05 bits per heavy atom. The van der Waals surface area contributed by atoms with Crippen molar-refractivity contribution in [3.8, 4) is 5.75 Å². The first-order valence-corrected chi connectivity index (χ1v) is 6.47. The highest BCUT2D eigenvalue weighted by Crippen LogP contribution is 2.18. The van der Waals surface area contributed by atoms with E-state index in [1.54, 1.807) is 12.1 Å². The molecule has 0 amide bonds. The summed E-state index contributed by atoms with van der Waals surface area (Å²) >= 11 is 0. The van der Waals surface area contributed by atoms with E-state index in [9.17, 15) is 13.2 Å². The molecule has 3 nitrogen and oxygen atoms in total. The summed E-state index contributed by atoms with van der Waals surface area (Å²) in [4.78, 5) is 0. The fourth-order valence-electron chi connectivity index (χ4n) is 1.78. The molecule has 0 spiro atoms. The number of ether oxygens (including phenoxy) is 1.